The van der Waals surface area contributed by atoms with E-state index in [0.29, 0.717) is 0 Å². The molecular weight excluding hydrogens is 276 g/mol. The van der Waals surface area contributed by atoms with Crippen molar-refractivity contribution < 1.29 is 0 Å². The van der Waals surface area contributed by atoms with Crippen molar-refractivity contribution in [2.24, 2.45) is 0 Å². The maximum Gasteiger partial charge on any atom is -0.0149 e. The molecule has 0 N–H and O–H groups in total. The molecule has 0 bridgehead atoms. The molecule has 0 spiro atoms. The first-order valence-electron chi connectivity index (χ1n) is 9.84. The zero-order chi connectivity index (χ0) is 16.3. The fourth-order valence-electron chi connectivity index (χ4n) is 3.76. The van der Waals surface area contributed by atoms with Gasteiger partial charge in [0.15, 0.2) is 0 Å². The second kappa shape index (κ2) is 10.5. The van der Waals surface area contributed by atoms with Crippen LogP contribution in [0, 0.1) is 0 Å². The Morgan fingerprint density at radius 1 is 0.652 bits per heavy atom. The summed E-state index contributed by atoms with van der Waals surface area (Å²) in [6, 6.07) is 15.7. The summed E-state index contributed by atoms with van der Waals surface area (Å²) in [6.45, 7) is 4.61. The van der Waals surface area contributed by atoms with Crippen LogP contribution in [0.2, 0.25) is 0 Å². The first-order chi connectivity index (χ1) is 11.4. The van der Waals surface area contributed by atoms with Gasteiger partial charge in [0.05, 0.1) is 0 Å². The van der Waals surface area contributed by atoms with E-state index in [2.05, 4.69) is 56.3 Å². The summed E-state index contributed by atoms with van der Waals surface area (Å²) in [7, 11) is 0. The van der Waals surface area contributed by atoms with Crippen LogP contribution in [0.1, 0.15) is 89.5 Å². The van der Waals surface area contributed by atoms with Gasteiger partial charge in [0.2, 0.25) is 0 Å². The van der Waals surface area contributed by atoms with Gasteiger partial charge in [-0.1, -0.05) is 108 Å². The standard InChI is InChI=1S/C23H34/c1-3-5-6-7-8-9-10-15-20(14-4-2)23-19-13-17-21-16-11-12-18-22(21)23/h11-13,16-20H,3-10,14-15H2,1-2H3. The minimum Gasteiger partial charge on any atom is -0.0654 e. The van der Waals surface area contributed by atoms with Crippen LogP contribution in [-0.2, 0) is 0 Å². The van der Waals surface area contributed by atoms with Gasteiger partial charge in [-0.2, -0.15) is 0 Å². The largest absolute Gasteiger partial charge is 0.0654 e. The van der Waals surface area contributed by atoms with Gasteiger partial charge in [0.1, 0.15) is 0 Å². The van der Waals surface area contributed by atoms with E-state index in [4.69, 9.17) is 0 Å². The Bertz CT molecular complexity index is 549. The van der Waals surface area contributed by atoms with E-state index in [9.17, 15) is 0 Å². The highest BCUT2D eigenvalue weighted by molar-refractivity contribution is 5.86. The van der Waals surface area contributed by atoms with Crippen molar-refractivity contribution in [1.82, 2.24) is 0 Å². The van der Waals surface area contributed by atoms with Crippen molar-refractivity contribution in [3.8, 4) is 0 Å². The molecular formula is C23H34. The molecule has 1 atom stereocenters. The number of benzene rings is 2. The molecule has 0 radical (unpaired) electrons. The van der Waals surface area contributed by atoms with Crippen molar-refractivity contribution in [1.29, 1.82) is 0 Å². The van der Waals surface area contributed by atoms with Gasteiger partial charge in [-0.15, -0.1) is 0 Å². The first-order valence-corrected chi connectivity index (χ1v) is 9.84. The molecule has 0 fully saturated rings. The van der Waals surface area contributed by atoms with Crippen LogP contribution >= 0.6 is 0 Å². The van der Waals surface area contributed by atoms with E-state index >= 15 is 0 Å². The number of rotatable bonds is 11. The summed E-state index contributed by atoms with van der Waals surface area (Å²) in [5, 5.41) is 2.86. The highest BCUT2D eigenvalue weighted by Gasteiger charge is 2.13. The molecule has 0 heterocycles. The van der Waals surface area contributed by atoms with Gasteiger partial charge in [0, 0.05) is 0 Å². The first kappa shape index (κ1) is 18.0. The normalized spacial score (nSPS) is 12.6. The number of hydrogen-bond acceptors (Lipinski definition) is 0. The highest BCUT2D eigenvalue weighted by atomic mass is 14.2. The lowest BCUT2D eigenvalue weighted by Crippen LogP contribution is -2.00. The maximum absolute atomic E-state index is 2.36. The van der Waals surface area contributed by atoms with Gasteiger partial charge in [0.25, 0.3) is 0 Å². The Morgan fingerprint density at radius 3 is 2.13 bits per heavy atom. The van der Waals surface area contributed by atoms with Crippen LogP contribution in [0.15, 0.2) is 42.5 Å². The van der Waals surface area contributed by atoms with Crippen molar-refractivity contribution in [3.63, 3.8) is 0 Å². The van der Waals surface area contributed by atoms with E-state index in [1.165, 1.54) is 75.0 Å². The minimum atomic E-state index is 0.738. The smallest absolute Gasteiger partial charge is 0.0149 e. The summed E-state index contributed by atoms with van der Waals surface area (Å²) in [4.78, 5) is 0. The summed E-state index contributed by atoms with van der Waals surface area (Å²) >= 11 is 0. The molecule has 0 saturated carbocycles. The van der Waals surface area contributed by atoms with E-state index in [-0.39, 0.29) is 0 Å². The van der Waals surface area contributed by atoms with E-state index < -0.39 is 0 Å². The molecule has 1 unspecified atom stereocenters. The molecule has 0 aromatic heterocycles. The molecule has 126 valence electrons. The van der Waals surface area contributed by atoms with Crippen LogP contribution in [0.25, 0.3) is 10.8 Å². The molecule has 0 amide bonds. The molecule has 2 rings (SSSR count). The van der Waals surface area contributed by atoms with Gasteiger partial charge in [-0.25, -0.2) is 0 Å². The Labute approximate surface area is 143 Å². The summed E-state index contributed by atoms with van der Waals surface area (Å²) in [6.07, 6.45) is 13.8. The third kappa shape index (κ3) is 5.68. The lowest BCUT2D eigenvalue weighted by atomic mass is 9.86. The quantitative estimate of drug-likeness (QED) is 0.370. The molecule has 0 saturated heterocycles. The number of fused-ring (bicyclic) bond motifs is 1. The lowest BCUT2D eigenvalue weighted by molar-refractivity contribution is 0.511. The highest BCUT2D eigenvalue weighted by Crippen LogP contribution is 2.32. The Hall–Kier alpha value is -1.30. The van der Waals surface area contributed by atoms with Crippen molar-refractivity contribution >= 4 is 10.8 Å². The average molecular weight is 311 g/mol. The molecule has 0 nitrogen and oxygen atoms in total. The Balaban J connectivity index is 1.92. The van der Waals surface area contributed by atoms with Gasteiger partial charge >= 0.3 is 0 Å². The molecule has 2 aromatic rings. The third-order valence-corrected chi connectivity index (χ3v) is 5.06. The van der Waals surface area contributed by atoms with Crippen LogP contribution in [0.3, 0.4) is 0 Å². The lowest BCUT2D eigenvalue weighted by Gasteiger charge is -2.19. The van der Waals surface area contributed by atoms with Crippen LogP contribution in [0.5, 0.6) is 0 Å². The fourth-order valence-corrected chi connectivity index (χ4v) is 3.76. The SMILES string of the molecule is CCCCCCCCCC(CCC)c1cccc2ccccc12. The van der Waals surface area contributed by atoms with Crippen molar-refractivity contribution in [2.75, 3.05) is 0 Å². The topological polar surface area (TPSA) is 0 Å². The number of unbranched alkanes of at least 4 members (excludes halogenated alkanes) is 6. The van der Waals surface area contributed by atoms with Crippen LogP contribution in [0.4, 0.5) is 0 Å². The second-order valence-corrected chi connectivity index (χ2v) is 6.96. The zero-order valence-electron chi connectivity index (χ0n) is 15.2. The molecule has 23 heavy (non-hydrogen) atoms. The summed E-state index contributed by atoms with van der Waals surface area (Å²) in [5.74, 6) is 0.738. The van der Waals surface area contributed by atoms with E-state index in [1.54, 1.807) is 5.56 Å². The Morgan fingerprint density at radius 2 is 1.35 bits per heavy atom. The van der Waals surface area contributed by atoms with Crippen LogP contribution in [-0.4, -0.2) is 0 Å². The molecule has 0 aliphatic rings. The predicted molar refractivity (Wildman–Crippen MR) is 104 cm³/mol. The minimum absolute atomic E-state index is 0.738. The van der Waals surface area contributed by atoms with E-state index in [0.717, 1.165) is 5.92 Å². The van der Waals surface area contributed by atoms with Gasteiger partial charge in [-0.3, -0.25) is 0 Å². The number of hydrogen-bond donors (Lipinski definition) is 0. The molecule has 0 heteroatoms. The van der Waals surface area contributed by atoms with Gasteiger partial charge in [-0.05, 0) is 35.1 Å². The third-order valence-electron chi connectivity index (χ3n) is 5.06. The summed E-state index contributed by atoms with van der Waals surface area (Å²) in [5.41, 5.74) is 1.58. The summed E-state index contributed by atoms with van der Waals surface area (Å²) < 4.78 is 0. The Kier molecular flexibility index (Phi) is 8.21. The van der Waals surface area contributed by atoms with E-state index in [1.807, 2.05) is 0 Å². The molecule has 0 aliphatic carbocycles. The van der Waals surface area contributed by atoms with Gasteiger partial charge < -0.3 is 0 Å². The molecule has 2 aromatic carbocycles. The van der Waals surface area contributed by atoms with Crippen molar-refractivity contribution in [3.05, 3.63) is 48.0 Å². The van der Waals surface area contributed by atoms with Crippen LogP contribution < -0.4 is 0 Å². The maximum atomic E-state index is 2.36. The monoisotopic (exact) mass is 310 g/mol. The fraction of sp³-hybridized carbons (Fsp3) is 0.565. The predicted octanol–water partition coefficient (Wildman–Crippen LogP) is 7.86. The van der Waals surface area contributed by atoms with Crippen molar-refractivity contribution in [2.45, 2.75) is 84.0 Å². The second-order valence-electron chi connectivity index (χ2n) is 6.96. The molecule has 0 aliphatic heterocycles. The average Bonchev–Trinajstić information content (AvgIpc) is 2.59. The zero-order valence-corrected chi connectivity index (χ0v) is 15.2.